The van der Waals surface area contributed by atoms with Gasteiger partial charge in [-0.3, -0.25) is 5.23 Å². The molecule has 13 heavy (non-hydrogen) atoms. The Morgan fingerprint density at radius 3 is 1.62 bits per heavy atom. The van der Waals surface area contributed by atoms with Crippen LogP contribution in [0.15, 0.2) is 0 Å². The number of hydrogen-bond acceptors (Lipinski definition) is 3. The Labute approximate surface area is 80.3 Å². The lowest BCUT2D eigenvalue weighted by Gasteiger charge is -2.31. The molecule has 1 rings (SSSR count). The Kier molecular flexibility index (Phi) is 5.35. The fraction of sp³-hybridized carbons (Fsp3) is 1.00. The van der Waals surface area contributed by atoms with Crippen molar-refractivity contribution >= 4 is 0 Å². The van der Waals surface area contributed by atoms with Crippen LogP contribution >= 0.6 is 0 Å². The lowest BCUT2D eigenvalue weighted by Crippen LogP contribution is -2.27. The lowest BCUT2D eigenvalue weighted by molar-refractivity contribution is -0.0847. The average molecular weight is 186 g/mol. The highest BCUT2D eigenvalue weighted by molar-refractivity contribution is 4.67. The van der Waals surface area contributed by atoms with Crippen molar-refractivity contribution in [1.29, 1.82) is 0 Å². The van der Waals surface area contributed by atoms with Crippen molar-refractivity contribution in [3.05, 3.63) is 5.21 Å². The van der Waals surface area contributed by atoms with Crippen molar-refractivity contribution in [3.63, 3.8) is 0 Å². The molecule has 0 aromatic heterocycles. The summed E-state index contributed by atoms with van der Waals surface area (Å²) in [4.78, 5) is 0. The fourth-order valence-electron chi connectivity index (χ4n) is 2.01. The molecule has 78 valence electrons. The van der Waals surface area contributed by atoms with E-state index >= 15 is 0 Å². The minimum absolute atomic E-state index is 0.141. The highest BCUT2D eigenvalue weighted by Crippen LogP contribution is 2.19. The molecule has 1 fully saturated rings. The van der Waals surface area contributed by atoms with Crippen LogP contribution < -0.4 is 0 Å². The summed E-state index contributed by atoms with van der Waals surface area (Å²) >= 11 is 0. The molecule has 0 bridgehead atoms. The predicted molar refractivity (Wildman–Crippen MR) is 52.3 cm³/mol. The standard InChI is InChI=1S/C10H20NO2/c12-11(13)10-8-6-4-2-1-3-5-7-9-10/h10,12H,1-9H2/q-1. The van der Waals surface area contributed by atoms with E-state index in [0.29, 0.717) is 0 Å². The molecule has 0 radical (unpaired) electrons. The smallest absolute Gasteiger partial charge is 0.0216 e. The first-order chi connectivity index (χ1) is 6.30. The third-order valence-corrected chi connectivity index (χ3v) is 2.89. The van der Waals surface area contributed by atoms with E-state index in [1.165, 1.54) is 32.1 Å². The molecule has 0 aliphatic heterocycles. The van der Waals surface area contributed by atoms with Gasteiger partial charge >= 0.3 is 0 Å². The molecule has 0 atom stereocenters. The first-order valence-electron chi connectivity index (χ1n) is 5.46. The second-order valence-electron chi connectivity index (χ2n) is 4.01. The third kappa shape index (κ3) is 4.60. The van der Waals surface area contributed by atoms with Crippen LogP contribution in [0.2, 0.25) is 0 Å². The first-order valence-corrected chi connectivity index (χ1v) is 5.46. The average Bonchev–Trinajstić information content (AvgIpc) is 2.14. The van der Waals surface area contributed by atoms with Crippen molar-refractivity contribution in [2.75, 3.05) is 0 Å². The van der Waals surface area contributed by atoms with E-state index < -0.39 is 0 Å². The van der Waals surface area contributed by atoms with Crippen molar-refractivity contribution in [3.8, 4) is 0 Å². The highest BCUT2D eigenvalue weighted by atomic mass is 16.8. The molecule has 1 saturated carbocycles. The van der Waals surface area contributed by atoms with Gasteiger partial charge in [-0.25, -0.2) is 0 Å². The molecule has 0 aromatic carbocycles. The summed E-state index contributed by atoms with van der Waals surface area (Å²) in [7, 11) is 0. The topological polar surface area (TPSA) is 46.5 Å². The Bertz CT molecular complexity index is 118. The van der Waals surface area contributed by atoms with Crippen molar-refractivity contribution in [2.24, 2.45) is 0 Å². The molecular weight excluding hydrogens is 166 g/mol. The summed E-state index contributed by atoms with van der Waals surface area (Å²) in [5, 5.41) is 19.7. The first kappa shape index (κ1) is 11.0. The van der Waals surface area contributed by atoms with Crippen molar-refractivity contribution in [2.45, 2.75) is 63.8 Å². The Morgan fingerprint density at radius 1 is 0.846 bits per heavy atom. The maximum atomic E-state index is 10.7. The van der Waals surface area contributed by atoms with E-state index in [1.807, 2.05) is 0 Å². The van der Waals surface area contributed by atoms with Crippen LogP contribution in [0.25, 0.3) is 0 Å². The van der Waals surface area contributed by atoms with Gasteiger partial charge in [0.1, 0.15) is 0 Å². The van der Waals surface area contributed by atoms with Crippen LogP contribution in [0, 0.1) is 5.21 Å². The van der Waals surface area contributed by atoms with Gasteiger partial charge in [-0.05, 0) is 12.8 Å². The number of rotatable bonds is 1. The quantitative estimate of drug-likeness (QED) is 0.640. The lowest BCUT2D eigenvalue weighted by atomic mass is 9.98. The number of nitrogens with zero attached hydrogens (tertiary/aromatic N) is 1. The van der Waals surface area contributed by atoms with Crippen molar-refractivity contribution < 1.29 is 5.21 Å². The normalized spacial score (nSPS) is 23.3. The summed E-state index contributed by atoms with van der Waals surface area (Å²) < 4.78 is 0. The van der Waals surface area contributed by atoms with Gasteiger partial charge in [0.15, 0.2) is 0 Å². The summed E-state index contributed by atoms with van der Waals surface area (Å²) in [6.45, 7) is 0. The van der Waals surface area contributed by atoms with Crippen LogP contribution in [0.3, 0.4) is 0 Å². The summed E-state index contributed by atoms with van der Waals surface area (Å²) in [5.41, 5.74) is 0. The zero-order valence-corrected chi connectivity index (χ0v) is 8.24. The SMILES string of the molecule is [O-]N(O)C1CCCCCCCCC1. The largest absolute Gasteiger partial charge is 0.762 e. The highest BCUT2D eigenvalue weighted by Gasteiger charge is 2.09. The molecule has 0 heterocycles. The Morgan fingerprint density at radius 2 is 1.23 bits per heavy atom. The molecule has 0 amide bonds. The van der Waals surface area contributed by atoms with Crippen LogP contribution in [-0.4, -0.2) is 16.5 Å². The van der Waals surface area contributed by atoms with E-state index in [-0.39, 0.29) is 11.3 Å². The van der Waals surface area contributed by atoms with Gasteiger partial charge in [0.05, 0.1) is 0 Å². The van der Waals surface area contributed by atoms with Gasteiger partial charge in [-0.1, -0.05) is 44.9 Å². The van der Waals surface area contributed by atoms with Gasteiger partial charge in [0, 0.05) is 6.04 Å². The molecule has 3 heteroatoms. The van der Waals surface area contributed by atoms with Gasteiger partial charge in [0.25, 0.3) is 0 Å². The monoisotopic (exact) mass is 186 g/mol. The maximum Gasteiger partial charge on any atom is 0.0216 e. The third-order valence-electron chi connectivity index (χ3n) is 2.89. The van der Waals surface area contributed by atoms with Gasteiger partial charge in [-0.2, -0.15) is 0 Å². The Hall–Kier alpha value is -0.120. The molecule has 0 unspecified atom stereocenters. The second-order valence-corrected chi connectivity index (χ2v) is 4.01. The van der Waals surface area contributed by atoms with E-state index in [4.69, 9.17) is 5.21 Å². The number of hydroxylamine groups is 2. The van der Waals surface area contributed by atoms with E-state index in [1.54, 1.807) is 0 Å². The molecular formula is C10H20NO2-. The zero-order valence-electron chi connectivity index (χ0n) is 8.24. The number of hydrogen-bond donors (Lipinski definition) is 1. The van der Waals surface area contributed by atoms with E-state index in [9.17, 15) is 5.21 Å². The summed E-state index contributed by atoms with van der Waals surface area (Å²) in [5.74, 6) is 0. The Balaban J connectivity index is 2.26. The minimum atomic E-state index is -0.141. The summed E-state index contributed by atoms with van der Waals surface area (Å²) in [6.07, 6.45) is 10.2. The van der Waals surface area contributed by atoms with Crippen molar-refractivity contribution in [1.82, 2.24) is 5.23 Å². The molecule has 0 saturated heterocycles. The van der Waals surface area contributed by atoms with E-state index in [0.717, 1.165) is 25.7 Å². The molecule has 1 aliphatic carbocycles. The second kappa shape index (κ2) is 6.35. The predicted octanol–water partition coefficient (Wildman–Crippen LogP) is 3.07. The van der Waals surface area contributed by atoms with Crippen LogP contribution in [0.4, 0.5) is 0 Å². The zero-order chi connectivity index (χ0) is 9.52. The fourth-order valence-corrected chi connectivity index (χ4v) is 2.01. The van der Waals surface area contributed by atoms with Gasteiger partial charge in [0.2, 0.25) is 0 Å². The van der Waals surface area contributed by atoms with Crippen LogP contribution in [-0.2, 0) is 0 Å². The maximum absolute atomic E-state index is 10.7. The molecule has 0 aromatic rings. The molecule has 1 N–H and O–H groups in total. The van der Waals surface area contributed by atoms with Gasteiger partial charge in [-0.15, -0.1) is 0 Å². The van der Waals surface area contributed by atoms with Crippen LogP contribution in [0.5, 0.6) is 0 Å². The van der Waals surface area contributed by atoms with Crippen LogP contribution in [0.1, 0.15) is 57.8 Å². The minimum Gasteiger partial charge on any atom is -0.762 e. The molecule has 1 aliphatic rings. The summed E-state index contributed by atoms with van der Waals surface area (Å²) in [6, 6.07) is -0.141. The molecule has 0 spiro atoms. The van der Waals surface area contributed by atoms with Gasteiger partial charge < -0.3 is 10.4 Å². The van der Waals surface area contributed by atoms with E-state index in [2.05, 4.69) is 0 Å². The molecule has 3 nitrogen and oxygen atoms in total.